The van der Waals surface area contributed by atoms with E-state index in [0.717, 1.165) is 11.1 Å². The Bertz CT molecular complexity index is 708. The first-order valence-electron chi connectivity index (χ1n) is 8.68. The topological polar surface area (TPSA) is 100.0 Å². The standard InChI is InChI=1S/C19H30N6O/c1-19(2)16(20)14(17(21)22-3)11-25(19)18(26)23-15(12-24(4)5)13-9-7-6-8-10-13/h6-10,15H,11-12,20H2,1-5H3,(H2,21,22)(H,23,26). The van der Waals surface area contributed by atoms with Crippen LogP contribution in [0.1, 0.15) is 25.5 Å². The minimum absolute atomic E-state index is 0.128. The third-order valence-corrected chi connectivity index (χ3v) is 4.82. The monoisotopic (exact) mass is 358 g/mol. The molecule has 0 saturated heterocycles. The van der Waals surface area contributed by atoms with Gasteiger partial charge in [0.15, 0.2) is 0 Å². The predicted molar refractivity (Wildman–Crippen MR) is 106 cm³/mol. The highest BCUT2D eigenvalue weighted by Crippen LogP contribution is 2.31. The fraction of sp³-hybridized carbons (Fsp3) is 0.474. The SMILES string of the molecule is CN=C(N)C1=C(N)C(C)(C)N(C(=O)NC(CN(C)C)c2ccccc2)C1. The van der Waals surface area contributed by atoms with Gasteiger partial charge in [0, 0.05) is 24.9 Å². The van der Waals surface area contributed by atoms with Crippen molar-refractivity contribution < 1.29 is 4.79 Å². The van der Waals surface area contributed by atoms with Gasteiger partial charge in [-0.1, -0.05) is 30.3 Å². The average molecular weight is 358 g/mol. The van der Waals surface area contributed by atoms with E-state index in [4.69, 9.17) is 11.5 Å². The van der Waals surface area contributed by atoms with Gasteiger partial charge in [0.05, 0.1) is 18.1 Å². The number of carbonyl (C=O) groups excluding carboxylic acids is 1. The molecule has 7 heteroatoms. The van der Waals surface area contributed by atoms with Crippen LogP contribution < -0.4 is 16.8 Å². The largest absolute Gasteiger partial charge is 0.400 e. The second-order valence-electron chi connectivity index (χ2n) is 7.32. The highest BCUT2D eigenvalue weighted by atomic mass is 16.2. The van der Waals surface area contributed by atoms with Crippen LogP contribution in [0.3, 0.4) is 0 Å². The molecular weight excluding hydrogens is 328 g/mol. The zero-order chi connectivity index (χ0) is 19.5. The van der Waals surface area contributed by atoms with Crippen LogP contribution in [0.25, 0.3) is 0 Å². The molecule has 1 atom stereocenters. The molecule has 2 amide bonds. The fourth-order valence-electron chi connectivity index (χ4n) is 3.15. The summed E-state index contributed by atoms with van der Waals surface area (Å²) in [6.45, 7) is 4.87. The Kier molecular flexibility index (Phi) is 5.92. The quantitative estimate of drug-likeness (QED) is 0.545. The first kappa shape index (κ1) is 19.8. The number of nitrogens with two attached hydrogens (primary N) is 2. The lowest BCUT2D eigenvalue weighted by molar-refractivity contribution is 0.165. The highest BCUT2D eigenvalue weighted by molar-refractivity contribution is 6.00. The maximum Gasteiger partial charge on any atom is 0.318 e. The van der Waals surface area contributed by atoms with E-state index in [1.807, 2.05) is 63.2 Å². The van der Waals surface area contributed by atoms with Crippen molar-refractivity contribution in [2.75, 3.05) is 34.2 Å². The lowest BCUT2D eigenvalue weighted by atomic mass is 10.0. The number of aliphatic imine (C=N–C) groups is 1. The van der Waals surface area contributed by atoms with Crippen molar-refractivity contribution >= 4 is 11.9 Å². The van der Waals surface area contributed by atoms with Crippen LogP contribution in [0.2, 0.25) is 0 Å². The molecule has 0 bridgehead atoms. The Hall–Kier alpha value is -2.54. The molecule has 142 valence electrons. The van der Waals surface area contributed by atoms with Crippen LogP contribution in [-0.4, -0.2) is 61.4 Å². The van der Waals surface area contributed by atoms with E-state index in [-0.39, 0.29) is 12.1 Å². The summed E-state index contributed by atoms with van der Waals surface area (Å²) < 4.78 is 0. The second-order valence-corrected chi connectivity index (χ2v) is 7.32. The number of benzene rings is 1. The van der Waals surface area contributed by atoms with Gasteiger partial charge in [0.2, 0.25) is 0 Å². The molecule has 2 rings (SSSR count). The smallest absolute Gasteiger partial charge is 0.318 e. The summed E-state index contributed by atoms with van der Waals surface area (Å²) in [4.78, 5) is 20.8. The van der Waals surface area contributed by atoms with Gasteiger partial charge in [-0.3, -0.25) is 4.99 Å². The summed E-state index contributed by atoms with van der Waals surface area (Å²) in [5, 5.41) is 3.14. The predicted octanol–water partition coefficient (Wildman–Crippen LogP) is 1.29. The Morgan fingerprint density at radius 3 is 2.50 bits per heavy atom. The highest BCUT2D eigenvalue weighted by Gasteiger charge is 2.42. The minimum atomic E-state index is -0.631. The molecule has 1 aromatic rings. The van der Waals surface area contributed by atoms with Crippen LogP contribution in [0.15, 0.2) is 46.6 Å². The lowest BCUT2D eigenvalue weighted by Gasteiger charge is -2.35. The molecule has 0 fully saturated rings. The Balaban J connectivity index is 2.22. The Morgan fingerprint density at radius 1 is 1.35 bits per heavy atom. The molecule has 0 saturated carbocycles. The fourth-order valence-corrected chi connectivity index (χ4v) is 3.15. The van der Waals surface area contributed by atoms with E-state index in [1.54, 1.807) is 11.9 Å². The van der Waals surface area contributed by atoms with Crippen molar-refractivity contribution in [1.29, 1.82) is 0 Å². The maximum atomic E-state index is 13.1. The molecule has 0 radical (unpaired) electrons. The first-order valence-corrected chi connectivity index (χ1v) is 8.68. The molecule has 0 aliphatic carbocycles. The van der Waals surface area contributed by atoms with Crippen LogP contribution in [0.4, 0.5) is 4.79 Å². The van der Waals surface area contributed by atoms with Gasteiger partial charge in [-0.2, -0.15) is 0 Å². The summed E-state index contributed by atoms with van der Waals surface area (Å²) in [5.41, 5.74) is 14.0. The van der Waals surface area contributed by atoms with Gasteiger partial charge < -0.3 is 26.6 Å². The number of carbonyl (C=O) groups is 1. The van der Waals surface area contributed by atoms with E-state index in [2.05, 4.69) is 10.3 Å². The summed E-state index contributed by atoms with van der Waals surface area (Å²) in [6, 6.07) is 9.64. The van der Waals surface area contributed by atoms with Crippen LogP contribution in [0, 0.1) is 0 Å². The van der Waals surface area contributed by atoms with Gasteiger partial charge in [0.25, 0.3) is 0 Å². The number of hydrogen-bond acceptors (Lipinski definition) is 4. The number of nitrogens with one attached hydrogen (secondary N) is 1. The van der Waals surface area contributed by atoms with Gasteiger partial charge in [-0.15, -0.1) is 0 Å². The summed E-state index contributed by atoms with van der Waals surface area (Å²) in [7, 11) is 5.59. The van der Waals surface area contributed by atoms with Crippen LogP contribution in [0.5, 0.6) is 0 Å². The Labute approximate surface area is 155 Å². The maximum absolute atomic E-state index is 13.1. The van der Waals surface area contributed by atoms with Gasteiger partial charge in [-0.05, 0) is 33.5 Å². The number of amides is 2. The van der Waals surface area contributed by atoms with E-state index in [9.17, 15) is 4.79 Å². The number of amidine groups is 1. The number of urea groups is 1. The van der Waals surface area contributed by atoms with Crippen molar-refractivity contribution in [3.8, 4) is 0 Å². The molecule has 1 aliphatic heterocycles. The van der Waals surface area contributed by atoms with Gasteiger partial charge >= 0.3 is 6.03 Å². The molecule has 1 aliphatic rings. The number of hydrogen-bond donors (Lipinski definition) is 3. The third-order valence-electron chi connectivity index (χ3n) is 4.82. The summed E-state index contributed by atoms with van der Waals surface area (Å²) >= 11 is 0. The van der Waals surface area contributed by atoms with E-state index < -0.39 is 5.54 Å². The van der Waals surface area contributed by atoms with E-state index >= 15 is 0 Å². The van der Waals surface area contributed by atoms with Crippen LogP contribution >= 0.6 is 0 Å². The molecule has 0 aromatic heterocycles. The lowest BCUT2D eigenvalue weighted by Crippen LogP contribution is -2.52. The number of nitrogens with zero attached hydrogens (tertiary/aromatic N) is 3. The van der Waals surface area contributed by atoms with E-state index in [0.29, 0.717) is 24.6 Å². The van der Waals surface area contributed by atoms with Crippen molar-refractivity contribution in [1.82, 2.24) is 15.1 Å². The van der Waals surface area contributed by atoms with E-state index in [1.165, 1.54) is 0 Å². The minimum Gasteiger partial charge on any atom is -0.400 e. The summed E-state index contributed by atoms with van der Waals surface area (Å²) in [6.07, 6.45) is 0. The third kappa shape index (κ3) is 3.99. The zero-order valence-electron chi connectivity index (χ0n) is 16.3. The van der Waals surface area contributed by atoms with Crippen LogP contribution in [-0.2, 0) is 0 Å². The summed E-state index contributed by atoms with van der Waals surface area (Å²) in [5.74, 6) is 0.374. The zero-order valence-corrected chi connectivity index (χ0v) is 16.3. The van der Waals surface area contributed by atoms with Crippen molar-refractivity contribution in [3.63, 3.8) is 0 Å². The Morgan fingerprint density at radius 2 is 1.96 bits per heavy atom. The molecular formula is C19H30N6O. The van der Waals surface area contributed by atoms with Crippen molar-refractivity contribution in [2.24, 2.45) is 16.5 Å². The molecule has 7 nitrogen and oxygen atoms in total. The normalized spacial score (nSPS) is 18.4. The molecule has 1 aromatic carbocycles. The molecule has 1 heterocycles. The molecule has 5 N–H and O–H groups in total. The molecule has 26 heavy (non-hydrogen) atoms. The second kappa shape index (κ2) is 7.78. The number of likely N-dealkylation sites (N-methyl/N-ethyl adjacent to an activating group) is 1. The number of rotatable bonds is 5. The molecule has 0 spiro atoms. The van der Waals surface area contributed by atoms with Gasteiger partial charge in [-0.25, -0.2) is 4.79 Å². The van der Waals surface area contributed by atoms with Gasteiger partial charge in [0.1, 0.15) is 5.84 Å². The van der Waals surface area contributed by atoms with Crippen molar-refractivity contribution in [2.45, 2.75) is 25.4 Å². The first-order chi connectivity index (χ1) is 12.2. The average Bonchev–Trinajstić information content (AvgIpc) is 2.84. The molecule has 1 unspecified atom stereocenters. The van der Waals surface area contributed by atoms with Crippen molar-refractivity contribution in [3.05, 3.63) is 47.2 Å².